The minimum atomic E-state index is -0.716. The molecule has 1 unspecified atom stereocenters. The van der Waals surface area contributed by atoms with Gasteiger partial charge in [-0.25, -0.2) is 4.98 Å². The van der Waals surface area contributed by atoms with Crippen LogP contribution in [0, 0.1) is 10.1 Å². The molecule has 2 rings (SSSR count). The van der Waals surface area contributed by atoms with Crippen LogP contribution in [0.5, 0.6) is 0 Å². The molecule has 1 saturated heterocycles. The Morgan fingerprint density at radius 3 is 2.95 bits per heavy atom. The lowest BCUT2D eigenvalue weighted by Crippen LogP contribution is -2.45. The highest BCUT2D eigenvalue weighted by molar-refractivity contribution is 5.98. The van der Waals surface area contributed by atoms with E-state index in [2.05, 4.69) is 10.3 Å². The maximum absolute atomic E-state index is 11.5. The molecule has 108 valence electrons. The number of pyridine rings is 1. The fourth-order valence-electron chi connectivity index (χ4n) is 2.35. The van der Waals surface area contributed by atoms with Gasteiger partial charge in [-0.2, -0.15) is 0 Å². The van der Waals surface area contributed by atoms with Gasteiger partial charge in [0.2, 0.25) is 0 Å². The van der Waals surface area contributed by atoms with Crippen molar-refractivity contribution in [1.29, 1.82) is 0 Å². The van der Waals surface area contributed by atoms with Gasteiger partial charge in [-0.05, 0) is 19.4 Å². The van der Waals surface area contributed by atoms with Crippen LogP contribution in [0.4, 0.5) is 11.5 Å². The number of amides is 1. The molecule has 1 aromatic heterocycles. The third-order valence-corrected chi connectivity index (χ3v) is 3.48. The fraction of sp³-hybridized carbons (Fsp3) is 0.500. The lowest BCUT2D eigenvalue weighted by Gasteiger charge is -2.33. The molecular formula is C12H17N5O3. The summed E-state index contributed by atoms with van der Waals surface area (Å²) >= 11 is 0. The number of nitrogens with zero attached hydrogens (tertiary/aromatic N) is 3. The van der Waals surface area contributed by atoms with Crippen LogP contribution in [-0.2, 0) is 0 Å². The number of nitrogens with two attached hydrogens (primary N) is 1. The minimum Gasteiger partial charge on any atom is -0.365 e. The molecule has 1 atom stereocenters. The quantitative estimate of drug-likeness (QED) is 0.604. The molecule has 20 heavy (non-hydrogen) atoms. The molecular weight excluding hydrogens is 262 g/mol. The second kappa shape index (κ2) is 5.83. The van der Waals surface area contributed by atoms with Crippen LogP contribution in [0.1, 0.15) is 23.2 Å². The Hall–Kier alpha value is -2.22. The van der Waals surface area contributed by atoms with Crippen LogP contribution in [0.15, 0.2) is 12.3 Å². The molecule has 8 nitrogen and oxygen atoms in total. The number of piperidine rings is 1. The number of nitrogens with one attached hydrogen (secondary N) is 1. The number of carbonyl (C=O) groups is 1. The zero-order chi connectivity index (χ0) is 14.7. The summed E-state index contributed by atoms with van der Waals surface area (Å²) in [5.74, 6) is -0.330. The number of likely N-dealkylation sites (N-methyl/N-ethyl adjacent to an activating group) is 1. The Bertz CT molecular complexity index is 528. The van der Waals surface area contributed by atoms with Crippen molar-refractivity contribution in [3.05, 3.63) is 27.9 Å². The Kier molecular flexibility index (Phi) is 4.14. The summed E-state index contributed by atoms with van der Waals surface area (Å²) in [6, 6.07) is 1.37. The van der Waals surface area contributed by atoms with E-state index < -0.39 is 10.8 Å². The predicted octanol–water partition coefficient (Wildman–Crippen LogP) is 0.277. The third-order valence-electron chi connectivity index (χ3n) is 3.48. The van der Waals surface area contributed by atoms with Crippen molar-refractivity contribution in [3.63, 3.8) is 0 Å². The van der Waals surface area contributed by atoms with Crippen molar-refractivity contribution < 1.29 is 9.72 Å². The first kappa shape index (κ1) is 14.2. The number of rotatable bonds is 4. The van der Waals surface area contributed by atoms with Gasteiger partial charge in [0.15, 0.2) is 0 Å². The van der Waals surface area contributed by atoms with E-state index in [9.17, 15) is 14.9 Å². The van der Waals surface area contributed by atoms with E-state index in [0.29, 0.717) is 5.82 Å². The normalized spacial score (nSPS) is 18.6. The Labute approximate surface area is 116 Å². The van der Waals surface area contributed by atoms with E-state index in [1.165, 1.54) is 6.07 Å². The Balaban J connectivity index is 2.34. The smallest absolute Gasteiger partial charge is 0.288 e. The SMILES string of the molecule is CN(c1ncc([N+](=O)[O-])cc1C(N)=O)C1CCCNC1. The van der Waals surface area contributed by atoms with Gasteiger partial charge in [0.1, 0.15) is 12.0 Å². The highest BCUT2D eigenvalue weighted by Gasteiger charge is 2.24. The maximum atomic E-state index is 11.5. The van der Waals surface area contributed by atoms with Crippen molar-refractivity contribution in [2.45, 2.75) is 18.9 Å². The fourth-order valence-corrected chi connectivity index (χ4v) is 2.35. The van der Waals surface area contributed by atoms with Crippen LogP contribution in [0.2, 0.25) is 0 Å². The van der Waals surface area contributed by atoms with Crippen LogP contribution in [0.25, 0.3) is 0 Å². The predicted molar refractivity (Wildman–Crippen MR) is 73.7 cm³/mol. The molecule has 0 bridgehead atoms. The molecule has 0 radical (unpaired) electrons. The molecule has 2 heterocycles. The van der Waals surface area contributed by atoms with Crippen LogP contribution < -0.4 is 16.0 Å². The number of hydrogen-bond donors (Lipinski definition) is 2. The highest BCUT2D eigenvalue weighted by Crippen LogP contribution is 2.24. The summed E-state index contributed by atoms with van der Waals surface area (Å²) in [4.78, 5) is 27.6. The van der Waals surface area contributed by atoms with Gasteiger partial charge in [0, 0.05) is 25.7 Å². The summed E-state index contributed by atoms with van der Waals surface area (Å²) in [6.07, 6.45) is 3.16. The molecule has 0 spiro atoms. The summed E-state index contributed by atoms with van der Waals surface area (Å²) in [7, 11) is 1.82. The van der Waals surface area contributed by atoms with Crippen molar-refractivity contribution in [2.75, 3.05) is 25.0 Å². The maximum Gasteiger partial charge on any atom is 0.288 e. The molecule has 0 aromatic carbocycles. The summed E-state index contributed by atoms with van der Waals surface area (Å²) < 4.78 is 0. The van der Waals surface area contributed by atoms with Crippen molar-refractivity contribution in [1.82, 2.24) is 10.3 Å². The molecule has 0 saturated carbocycles. The van der Waals surface area contributed by atoms with E-state index in [0.717, 1.165) is 32.1 Å². The molecule has 1 fully saturated rings. The van der Waals surface area contributed by atoms with Crippen molar-refractivity contribution >= 4 is 17.4 Å². The summed E-state index contributed by atoms with van der Waals surface area (Å²) in [6.45, 7) is 1.76. The summed E-state index contributed by atoms with van der Waals surface area (Å²) in [5, 5.41) is 14.0. The topological polar surface area (TPSA) is 114 Å². The molecule has 1 aromatic rings. The first-order chi connectivity index (χ1) is 9.50. The highest BCUT2D eigenvalue weighted by atomic mass is 16.6. The molecule has 8 heteroatoms. The number of anilines is 1. The van der Waals surface area contributed by atoms with Gasteiger partial charge >= 0.3 is 0 Å². The molecule has 1 aliphatic rings. The second-order valence-electron chi connectivity index (χ2n) is 4.80. The van der Waals surface area contributed by atoms with E-state index in [1.54, 1.807) is 0 Å². The first-order valence-electron chi connectivity index (χ1n) is 6.38. The van der Waals surface area contributed by atoms with E-state index in [-0.39, 0.29) is 17.3 Å². The van der Waals surface area contributed by atoms with E-state index >= 15 is 0 Å². The van der Waals surface area contributed by atoms with Crippen molar-refractivity contribution in [3.8, 4) is 0 Å². The van der Waals surface area contributed by atoms with E-state index in [4.69, 9.17) is 5.73 Å². The monoisotopic (exact) mass is 279 g/mol. The van der Waals surface area contributed by atoms with Gasteiger partial charge in [0.05, 0.1) is 10.5 Å². The molecule has 3 N–H and O–H groups in total. The third kappa shape index (κ3) is 2.85. The zero-order valence-electron chi connectivity index (χ0n) is 11.2. The number of carbonyl (C=O) groups excluding carboxylic acids is 1. The number of primary amides is 1. The Morgan fingerprint density at radius 2 is 2.40 bits per heavy atom. The van der Waals surface area contributed by atoms with Crippen LogP contribution in [-0.4, -0.2) is 42.0 Å². The average molecular weight is 279 g/mol. The van der Waals surface area contributed by atoms with Gasteiger partial charge in [-0.3, -0.25) is 14.9 Å². The minimum absolute atomic E-state index is 0.0762. The zero-order valence-corrected chi connectivity index (χ0v) is 11.2. The number of hydrogen-bond acceptors (Lipinski definition) is 6. The molecule has 1 amide bonds. The number of aromatic nitrogens is 1. The van der Waals surface area contributed by atoms with Gasteiger partial charge < -0.3 is 16.0 Å². The first-order valence-corrected chi connectivity index (χ1v) is 6.38. The molecule has 1 aliphatic heterocycles. The van der Waals surface area contributed by atoms with Crippen LogP contribution >= 0.6 is 0 Å². The van der Waals surface area contributed by atoms with Crippen LogP contribution in [0.3, 0.4) is 0 Å². The standard InChI is InChI=1S/C12H17N5O3/c1-16(8-3-2-4-14-6-8)12-10(11(13)18)5-9(7-15-12)17(19)20/h5,7-8,14H,2-4,6H2,1H3,(H2,13,18). The van der Waals surface area contributed by atoms with E-state index in [1.807, 2.05) is 11.9 Å². The van der Waals surface area contributed by atoms with Gasteiger partial charge in [-0.15, -0.1) is 0 Å². The average Bonchev–Trinajstić information content (AvgIpc) is 2.46. The second-order valence-corrected chi connectivity index (χ2v) is 4.80. The summed E-state index contributed by atoms with van der Waals surface area (Å²) in [5.41, 5.74) is 5.15. The Morgan fingerprint density at radius 1 is 1.65 bits per heavy atom. The lowest BCUT2D eigenvalue weighted by molar-refractivity contribution is -0.385. The largest absolute Gasteiger partial charge is 0.365 e. The van der Waals surface area contributed by atoms with Gasteiger partial charge in [0.25, 0.3) is 11.6 Å². The number of nitro groups is 1. The van der Waals surface area contributed by atoms with Crippen molar-refractivity contribution in [2.24, 2.45) is 5.73 Å². The van der Waals surface area contributed by atoms with Gasteiger partial charge in [-0.1, -0.05) is 0 Å². The molecule has 0 aliphatic carbocycles. The lowest BCUT2D eigenvalue weighted by atomic mass is 10.1.